The molecule has 206 valence electrons. The van der Waals surface area contributed by atoms with Crippen LogP contribution in [0.2, 0.25) is 0 Å². The Labute approximate surface area is 235 Å². The Balaban J connectivity index is 1.50. The van der Waals surface area contributed by atoms with Crippen molar-refractivity contribution < 1.29 is 18.0 Å². The van der Waals surface area contributed by atoms with Gasteiger partial charge in [0.05, 0.1) is 23.3 Å². The lowest BCUT2D eigenvalue weighted by molar-refractivity contribution is -0.137. The second kappa shape index (κ2) is 11.1. The predicted octanol–water partition coefficient (Wildman–Crippen LogP) is 6.51. The molecule has 0 spiro atoms. The summed E-state index contributed by atoms with van der Waals surface area (Å²) in [6.07, 6.45) is -2.55. The molecule has 3 heterocycles. The van der Waals surface area contributed by atoms with Gasteiger partial charge in [-0.05, 0) is 80.2 Å². The molecule has 1 aliphatic rings. The molecule has 2 aromatic carbocycles. The first-order valence-corrected chi connectivity index (χ1v) is 13.2. The number of alkyl halides is 3. The lowest BCUT2D eigenvalue weighted by Gasteiger charge is -2.28. The number of thiocarbonyl (C=S) groups is 1. The largest absolute Gasteiger partial charge is 0.416 e. The number of para-hydroxylation sites is 1. The van der Waals surface area contributed by atoms with Crippen LogP contribution in [-0.2, 0) is 11.0 Å². The summed E-state index contributed by atoms with van der Waals surface area (Å²) in [7, 11) is 0. The van der Waals surface area contributed by atoms with Crippen LogP contribution in [0.1, 0.15) is 46.7 Å². The van der Waals surface area contributed by atoms with Crippen molar-refractivity contribution in [3.63, 3.8) is 0 Å². The molecule has 40 heavy (non-hydrogen) atoms. The normalized spacial score (nSPS) is 17.1. The van der Waals surface area contributed by atoms with E-state index in [9.17, 15) is 18.0 Å². The van der Waals surface area contributed by atoms with Crippen molar-refractivity contribution in [1.29, 1.82) is 0 Å². The number of carbonyl (C=O) groups excluding carboxylic acids is 1. The average molecular weight is 564 g/mol. The molecule has 0 radical (unpaired) electrons. The molecule has 0 aliphatic carbocycles. The zero-order valence-corrected chi connectivity index (χ0v) is 22.8. The van der Waals surface area contributed by atoms with E-state index in [1.54, 1.807) is 12.3 Å². The zero-order chi connectivity index (χ0) is 28.4. The van der Waals surface area contributed by atoms with Gasteiger partial charge in [-0.15, -0.1) is 0 Å². The quantitative estimate of drug-likeness (QED) is 0.251. The van der Waals surface area contributed by atoms with Gasteiger partial charge in [-0.2, -0.15) is 13.2 Å². The number of halogens is 3. The molecular weight excluding hydrogens is 535 g/mol. The number of rotatable bonds is 7. The number of hydrogen-bond acceptors (Lipinski definition) is 3. The van der Waals surface area contributed by atoms with Crippen LogP contribution < -0.4 is 10.6 Å². The van der Waals surface area contributed by atoms with E-state index >= 15 is 0 Å². The van der Waals surface area contributed by atoms with Crippen molar-refractivity contribution in [3.8, 4) is 5.69 Å². The lowest BCUT2D eigenvalue weighted by atomic mass is 9.96. The molecule has 1 amide bonds. The molecule has 10 heteroatoms. The fourth-order valence-corrected chi connectivity index (χ4v) is 5.59. The summed E-state index contributed by atoms with van der Waals surface area (Å²) in [5, 5.41) is 6.76. The van der Waals surface area contributed by atoms with Crippen LogP contribution in [0, 0.1) is 13.8 Å². The number of anilines is 1. The number of nitrogens with one attached hydrogen (secondary N) is 2. The molecule has 2 aromatic heterocycles. The minimum atomic E-state index is -4.45. The molecular formula is C30H28F3N5OS. The maximum Gasteiger partial charge on any atom is 0.416 e. The van der Waals surface area contributed by atoms with Gasteiger partial charge in [-0.3, -0.25) is 9.78 Å². The maximum absolute atomic E-state index is 13.5. The second-order valence-electron chi connectivity index (χ2n) is 9.69. The van der Waals surface area contributed by atoms with E-state index in [1.807, 2.05) is 77.9 Å². The smallest absolute Gasteiger partial charge is 0.352 e. The van der Waals surface area contributed by atoms with Crippen LogP contribution in [0.3, 0.4) is 0 Å². The van der Waals surface area contributed by atoms with Gasteiger partial charge in [0.25, 0.3) is 0 Å². The highest BCUT2D eigenvalue weighted by atomic mass is 32.1. The fraction of sp³-hybridized carbons (Fsp3) is 0.233. The van der Waals surface area contributed by atoms with E-state index in [1.165, 1.54) is 6.07 Å². The van der Waals surface area contributed by atoms with Gasteiger partial charge in [0, 0.05) is 41.9 Å². The Morgan fingerprint density at radius 3 is 2.48 bits per heavy atom. The lowest BCUT2D eigenvalue weighted by Crippen LogP contribution is -2.32. The molecule has 1 fully saturated rings. The van der Waals surface area contributed by atoms with Crippen LogP contribution in [-0.4, -0.2) is 32.0 Å². The Morgan fingerprint density at radius 1 is 1.02 bits per heavy atom. The monoisotopic (exact) mass is 563 g/mol. The topological polar surface area (TPSA) is 62.2 Å². The van der Waals surface area contributed by atoms with Crippen molar-refractivity contribution in [1.82, 2.24) is 19.8 Å². The van der Waals surface area contributed by atoms with Crippen LogP contribution in [0.15, 0.2) is 85.1 Å². The summed E-state index contributed by atoms with van der Waals surface area (Å²) in [5.41, 5.74) is 3.66. The molecule has 0 unspecified atom stereocenters. The van der Waals surface area contributed by atoms with Crippen molar-refractivity contribution >= 4 is 28.9 Å². The minimum Gasteiger partial charge on any atom is -0.352 e. The Kier molecular flexibility index (Phi) is 7.62. The predicted molar refractivity (Wildman–Crippen MR) is 152 cm³/mol. The van der Waals surface area contributed by atoms with Crippen molar-refractivity contribution in [2.45, 2.75) is 38.5 Å². The van der Waals surface area contributed by atoms with E-state index in [2.05, 4.69) is 15.6 Å². The molecule has 6 nitrogen and oxygen atoms in total. The van der Waals surface area contributed by atoms with Crippen molar-refractivity contribution in [2.24, 2.45) is 0 Å². The maximum atomic E-state index is 13.5. The number of pyridine rings is 1. The SMILES string of the molecule is Cc1cc([C@@H]2[C@@H](c3ccccn3)NC(=S)N2CCC(=O)Nc2ccccc2)c(C)n1-c1cccc(C(F)(F)F)c1. The molecule has 2 N–H and O–H groups in total. The third-order valence-corrected chi connectivity index (χ3v) is 7.41. The summed E-state index contributed by atoms with van der Waals surface area (Å²) in [6, 6.07) is 21.5. The van der Waals surface area contributed by atoms with E-state index in [4.69, 9.17) is 12.2 Å². The van der Waals surface area contributed by atoms with Crippen LogP contribution in [0.5, 0.6) is 0 Å². The summed E-state index contributed by atoms with van der Waals surface area (Å²) in [6.45, 7) is 4.09. The highest BCUT2D eigenvalue weighted by Crippen LogP contribution is 2.42. The van der Waals surface area contributed by atoms with E-state index in [0.717, 1.165) is 34.8 Å². The third kappa shape index (κ3) is 5.58. The van der Waals surface area contributed by atoms with Gasteiger partial charge in [0.1, 0.15) is 0 Å². The summed E-state index contributed by atoms with van der Waals surface area (Å²) in [5.74, 6) is -0.150. The zero-order valence-electron chi connectivity index (χ0n) is 21.9. The average Bonchev–Trinajstić information content (AvgIpc) is 3.42. The fourth-order valence-electron chi connectivity index (χ4n) is 5.26. The number of nitrogens with zero attached hydrogens (tertiary/aromatic N) is 3. The van der Waals surface area contributed by atoms with Gasteiger partial charge in [-0.1, -0.05) is 30.3 Å². The van der Waals surface area contributed by atoms with Gasteiger partial charge >= 0.3 is 6.18 Å². The number of carbonyl (C=O) groups is 1. The van der Waals surface area contributed by atoms with Gasteiger partial charge in [0.15, 0.2) is 5.11 Å². The van der Waals surface area contributed by atoms with Crippen LogP contribution >= 0.6 is 12.2 Å². The molecule has 0 saturated carbocycles. The van der Waals surface area contributed by atoms with Gasteiger partial charge in [0.2, 0.25) is 5.91 Å². The molecule has 4 aromatic rings. The Bertz CT molecular complexity index is 1520. The molecule has 1 aliphatic heterocycles. The van der Waals surface area contributed by atoms with Crippen molar-refractivity contribution in [3.05, 3.63) is 113 Å². The molecule has 2 atom stereocenters. The highest BCUT2D eigenvalue weighted by molar-refractivity contribution is 7.80. The van der Waals surface area contributed by atoms with E-state index in [0.29, 0.717) is 23.0 Å². The van der Waals surface area contributed by atoms with Crippen LogP contribution in [0.4, 0.5) is 18.9 Å². The first-order valence-electron chi connectivity index (χ1n) is 12.8. The second-order valence-corrected chi connectivity index (χ2v) is 10.1. The first kappa shape index (κ1) is 27.4. The first-order chi connectivity index (χ1) is 19.1. The van der Waals surface area contributed by atoms with Crippen LogP contribution in [0.25, 0.3) is 5.69 Å². The number of aryl methyl sites for hydroxylation is 1. The number of benzene rings is 2. The summed E-state index contributed by atoms with van der Waals surface area (Å²) >= 11 is 5.73. The molecule has 0 bridgehead atoms. The Morgan fingerprint density at radius 2 is 1.77 bits per heavy atom. The van der Waals surface area contributed by atoms with Gasteiger partial charge in [-0.25, -0.2) is 0 Å². The summed E-state index contributed by atoms with van der Waals surface area (Å²) in [4.78, 5) is 19.3. The highest BCUT2D eigenvalue weighted by Gasteiger charge is 2.41. The minimum absolute atomic E-state index is 0.150. The third-order valence-electron chi connectivity index (χ3n) is 7.06. The number of amides is 1. The number of hydrogen-bond donors (Lipinski definition) is 2. The van der Waals surface area contributed by atoms with Crippen molar-refractivity contribution in [2.75, 3.05) is 11.9 Å². The Hall–Kier alpha value is -4.18. The van der Waals surface area contributed by atoms with E-state index in [-0.39, 0.29) is 24.4 Å². The number of aromatic nitrogens is 2. The van der Waals surface area contributed by atoms with E-state index < -0.39 is 11.7 Å². The summed E-state index contributed by atoms with van der Waals surface area (Å²) < 4.78 is 42.3. The molecule has 5 rings (SSSR count). The molecule has 1 saturated heterocycles. The standard InChI is InChI=1S/C30H28F3N5OS/c1-19-17-24(20(2)38(19)23-12-8-9-21(18-23)30(31,32)33)28-27(25-13-6-7-15-34-25)36-29(40)37(28)16-14-26(39)35-22-10-4-3-5-11-22/h3-13,15,17-18,27-28H,14,16H2,1-2H3,(H,35,39)(H,36,40)/t27-,28-/m1/s1. The van der Waals surface area contributed by atoms with Gasteiger partial charge < -0.3 is 20.1 Å².